The quantitative estimate of drug-likeness (QED) is 0.942. The van der Waals surface area contributed by atoms with Crippen LogP contribution in [0.3, 0.4) is 0 Å². The standard InChI is InChI=1S/C13H14F3N3O/c1-3-10-18-11(12(17)19(10)2)8-6-4-5-7-9(8)20-13(14,15)16/h4-7H,3,17H2,1-2H3. The molecular weight excluding hydrogens is 271 g/mol. The fourth-order valence-electron chi connectivity index (χ4n) is 1.95. The zero-order chi connectivity index (χ0) is 14.9. The fraction of sp³-hybridized carbons (Fsp3) is 0.308. The highest BCUT2D eigenvalue weighted by Gasteiger charge is 2.32. The smallest absolute Gasteiger partial charge is 0.405 e. The number of ether oxygens (including phenoxy) is 1. The van der Waals surface area contributed by atoms with Crippen LogP contribution < -0.4 is 10.5 Å². The van der Waals surface area contributed by atoms with Crippen LogP contribution >= 0.6 is 0 Å². The van der Waals surface area contributed by atoms with E-state index in [1.165, 1.54) is 18.2 Å². The number of hydrogen-bond acceptors (Lipinski definition) is 3. The summed E-state index contributed by atoms with van der Waals surface area (Å²) < 4.78 is 42.9. The number of para-hydroxylation sites is 1. The van der Waals surface area contributed by atoms with Gasteiger partial charge in [0.1, 0.15) is 23.1 Å². The monoisotopic (exact) mass is 285 g/mol. The van der Waals surface area contributed by atoms with Gasteiger partial charge in [0.25, 0.3) is 0 Å². The van der Waals surface area contributed by atoms with Crippen LogP contribution in [0.15, 0.2) is 24.3 Å². The summed E-state index contributed by atoms with van der Waals surface area (Å²) in [5.41, 5.74) is 6.42. The number of benzene rings is 1. The van der Waals surface area contributed by atoms with Crippen molar-refractivity contribution in [3.63, 3.8) is 0 Å². The van der Waals surface area contributed by atoms with Gasteiger partial charge >= 0.3 is 6.36 Å². The van der Waals surface area contributed by atoms with Crippen molar-refractivity contribution >= 4 is 5.82 Å². The Kier molecular flexibility index (Phi) is 3.61. The van der Waals surface area contributed by atoms with Crippen molar-refractivity contribution in [3.05, 3.63) is 30.1 Å². The second-order valence-electron chi connectivity index (χ2n) is 4.22. The molecule has 0 amide bonds. The highest BCUT2D eigenvalue weighted by molar-refractivity contribution is 5.76. The molecule has 7 heteroatoms. The first-order valence-electron chi connectivity index (χ1n) is 5.99. The van der Waals surface area contributed by atoms with Gasteiger partial charge in [0.15, 0.2) is 0 Å². The van der Waals surface area contributed by atoms with Gasteiger partial charge in [0.2, 0.25) is 0 Å². The first-order valence-corrected chi connectivity index (χ1v) is 5.99. The molecule has 0 unspecified atom stereocenters. The lowest BCUT2D eigenvalue weighted by Crippen LogP contribution is -2.17. The van der Waals surface area contributed by atoms with Gasteiger partial charge in [-0.3, -0.25) is 0 Å². The third-order valence-corrected chi connectivity index (χ3v) is 2.92. The SMILES string of the molecule is CCc1nc(-c2ccccc2OC(F)(F)F)c(N)n1C. The lowest BCUT2D eigenvalue weighted by Gasteiger charge is -2.12. The van der Waals surface area contributed by atoms with Gasteiger partial charge in [-0.2, -0.15) is 0 Å². The van der Waals surface area contributed by atoms with E-state index in [1.807, 2.05) is 6.92 Å². The molecule has 2 N–H and O–H groups in total. The van der Waals surface area contributed by atoms with E-state index >= 15 is 0 Å². The van der Waals surface area contributed by atoms with Gasteiger partial charge in [-0.15, -0.1) is 13.2 Å². The maximum atomic E-state index is 12.4. The Balaban J connectivity index is 2.53. The van der Waals surface area contributed by atoms with Crippen molar-refractivity contribution in [1.29, 1.82) is 0 Å². The van der Waals surface area contributed by atoms with E-state index in [0.717, 1.165) is 0 Å². The number of nitrogens with two attached hydrogens (primary N) is 1. The van der Waals surface area contributed by atoms with E-state index in [4.69, 9.17) is 5.73 Å². The maximum absolute atomic E-state index is 12.4. The molecule has 1 aromatic carbocycles. The van der Waals surface area contributed by atoms with Crippen molar-refractivity contribution < 1.29 is 17.9 Å². The average Bonchev–Trinajstić information content (AvgIpc) is 2.65. The van der Waals surface area contributed by atoms with E-state index in [0.29, 0.717) is 23.8 Å². The minimum atomic E-state index is -4.76. The van der Waals surface area contributed by atoms with Crippen molar-refractivity contribution in [2.24, 2.45) is 7.05 Å². The number of halogens is 3. The van der Waals surface area contributed by atoms with Gasteiger partial charge in [-0.05, 0) is 12.1 Å². The lowest BCUT2D eigenvalue weighted by atomic mass is 10.1. The summed E-state index contributed by atoms with van der Waals surface area (Å²) in [7, 11) is 1.72. The van der Waals surface area contributed by atoms with Crippen molar-refractivity contribution in [2.45, 2.75) is 19.7 Å². The minimum Gasteiger partial charge on any atom is -0.405 e. The Bertz CT molecular complexity index is 620. The molecule has 108 valence electrons. The first kappa shape index (κ1) is 14.2. The van der Waals surface area contributed by atoms with Gasteiger partial charge in [-0.25, -0.2) is 4.98 Å². The van der Waals surface area contributed by atoms with Crippen molar-refractivity contribution in [1.82, 2.24) is 9.55 Å². The molecule has 0 aliphatic heterocycles. The zero-order valence-corrected chi connectivity index (χ0v) is 11.0. The molecule has 0 saturated heterocycles. The van der Waals surface area contributed by atoms with E-state index in [9.17, 15) is 13.2 Å². The number of nitrogens with zero attached hydrogens (tertiary/aromatic N) is 2. The Hall–Kier alpha value is -2.18. The number of hydrogen-bond donors (Lipinski definition) is 1. The van der Waals surface area contributed by atoms with Crippen LogP contribution in [0, 0.1) is 0 Å². The van der Waals surface area contributed by atoms with Crippen LogP contribution in [0.25, 0.3) is 11.3 Å². The molecule has 0 saturated carbocycles. The Morgan fingerprint density at radius 2 is 1.95 bits per heavy atom. The molecule has 0 bridgehead atoms. The van der Waals surface area contributed by atoms with Crippen LogP contribution in [0.4, 0.5) is 19.0 Å². The van der Waals surface area contributed by atoms with Gasteiger partial charge in [-0.1, -0.05) is 19.1 Å². The largest absolute Gasteiger partial charge is 0.573 e. The molecule has 0 aliphatic rings. The molecule has 2 aromatic rings. The summed E-state index contributed by atoms with van der Waals surface area (Å²) >= 11 is 0. The van der Waals surface area contributed by atoms with E-state index in [1.54, 1.807) is 17.7 Å². The molecule has 0 fully saturated rings. The first-order chi connectivity index (χ1) is 9.33. The van der Waals surface area contributed by atoms with Crippen LogP contribution in [-0.2, 0) is 13.5 Å². The highest BCUT2D eigenvalue weighted by Crippen LogP contribution is 2.36. The number of aromatic nitrogens is 2. The predicted octanol–water partition coefficient (Wildman–Crippen LogP) is 3.13. The van der Waals surface area contributed by atoms with Crippen LogP contribution in [0.1, 0.15) is 12.7 Å². The predicted molar refractivity (Wildman–Crippen MR) is 69.1 cm³/mol. The van der Waals surface area contributed by atoms with Gasteiger partial charge in [0, 0.05) is 19.0 Å². The molecule has 0 aliphatic carbocycles. The summed E-state index contributed by atoms with van der Waals surface area (Å²) in [5, 5.41) is 0. The molecule has 20 heavy (non-hydrogen) atoms. The highest BCUT2D eigenvalue weighted by atomic mass is 19.4. The van der Waals surface area contributed by atoms with E-state index in [-0.39, 0.29) is 11.3 Å². The van der Waals surface area contributed by atoms with Crippen LogP contribution in [-0.4, -0.2) is 15.9 Å². The summed E-state index contributed by atoms with van der Waals surface area (Å²) in [6.45, 7) is 1.89. The third kappa shape index (κ3) is 2.71. The number of imidazole rings is 1. The van der Waals surface area contributed by atoms with Crippen LogP contribution in [0.2, 0.25) is 0 Å². The van der Waals surface area contributed by atoms with E-state index < -0.39 is 6.36 Å². The molecular formula is C13H14F3N3O. The second kappa shape index (κ2) is 5.07. The van der Waals surface area contributed by atoms with Gasteiger partial charge in [0.05, 0.1) is 0 Å². The molecule has 4 nitrogen and oxygen atoms in total. The fourth-order valence-corrected chi connectivity index (χ4v) is 1.95. The number of anilines is 1. The minimum absolute atomic E-state index is 0.220. The molecule has 0 spiro atoms. The Labute approximate surface area is 114 Å². The zero-order valence-electron chi connectivity index (χ0n) is 11.0. The number of alkyl halides is 3. The summed E-state index contributed by atoms with van der Waals surface area (Å²) in [6, 6.07) is 5.81. The normalized spacial score (nSPS) is 11.7. The molecule has 2 rings (SSSR count). The number of rotatable bonds is 3. The average molecular weight is 285 g/mol. The van der Waals surface area contributed by atoms with E-state index in [2.05, 4.69) is 9.72 Å². The maximum Gasteiger partial charge on any atom is 0.573 e. The third-order valence-electron chi connectivity index (χ3n) is 2.92. The number of aryl methyl sites for hydroxylation is 1. The lowest BCUT2D eigenvalue weighted by molar-refractivity contribution is -0.274. The Morgan fingerprint density at radius 3 is 2.50 bits per heavy atom. The Morgan fingerprint density at radius 1 is 1.30 bits per heavy atom. The van der Waals surface area contributed by atoms with Gasteiger partial charge < -0.3 is 15.0 Å². The molecule has 1 heterocycles. The molecule has 0 radical (unpaired) electrons. The van der Waals surface area contributed by atoms with Crippen LogP contribution in [0.5, 0.6) is 5.75 Å². The van der Waals surface area contributed by atoms with Crippen molar-refractivity contribution in [2.75, 3.05) is 5.73 Å². The molecule has 1 aromatic heterocycles. The summed E-state index contributed by atoms with van der Waals surface area (Å²) in [6.07, 6.45) is -4.13. The van der Waals surface area contributed by atoms with Crippen molar-refractivity contribution in [3.8, 4) is 17.0 Å². The second-order valence-corrected chi connectivity index (χ2v) is 4.22. The summed E-state index contributed by atoms with van der Waals surface area (Å²) in [4.78, 5) is 4.28. The number of nitrogen functional groups attached to an aromatic ring is 1. The topological polar surface area (TPSA) is 53.1 Å². The summed E-state index contributed by atoms with van der Waals surface area (Å²) in [5.74, 6) is 0.687. The molecule has 0 atom stereocenters.